The lowest BCUT2D eigenvalue weighted by Gasteiger charge is -2.12. The van der Waals surface area contributed by atoms with Gasteiger partial charge in [0, 0.05) is 11.6 Å². The molecule has 0 spiro atoms. The van der Waals surface area contributed by atoms with Crippen molar-refractivity contribution in [2.45, 2.75) is 37.7 Å². The van der Waals surface area contributed by atoms with Gasteiger partial charge >= 0.3 is 5.97 Å². The summed E-state index contributed by atoms with van der Waals surface area (Å²) >= 11 is 7.43. The van der Waals surface area contributed by atoms with Crippen LogP contribution in [0.5, 0.6) is 0 Å². The molecule has 27 heavy (non-hydrogen) atoms. The van der Waals surface area contributed by atoms with E-state index in [1.165, 1.54) is 18.9 Å². The number of halogens is 1. The van der Waals surface area contributed by atoms with Crippen molar-refractivity contribution in [1.29, 1.82) is 0 Å². The minimum absolute atomic E-state index is 0.0908. The first-order chi connectivity index (χ1) is 12.9. The minimum atomic E-state index is -0.436. The number of benzene rings is 1. The van der Waals surface area contributed by atoms with Crippen molar-refractivity contribution >= 4 is 40.2 Å². The smallest absolute Gasteiger partial charge is 0.341 e. The highest BCUT2D eigenvalue weighted by Gasteiger charge is 2.17. The molecule has 2 heterocycles. The van der Waals surface area contributed by atoms with Crippen molar-refractivity contribution < 1.29 is 13.9 Å². The number of furan rings is 1. The number of carbonyl (C=O) groups is 1. The zero-order chi connectivity index (χ0) is 19.6. The number of thioether (sulfide) groups is 1. The molecule has 8 heteroatoms. The van der Waals surface area contributed by atoms with E-state index in [9.17, 15) is 9.59 Å². The lowest BCUT2D eigenvalue weighted by atomic mass is 10.2. The Hall–Kier alpha value is -2.25. The summed E-state index contributed by atoms with van der Waals surface area (Å²) in [5.74, 6) is 1.11. The normalized spacial score (nSPS) is 11.1. The Morgan fingerprint density at radius 1 is 1.37 bits per heavy atom. The fourth-order valence-corrected chi connectivity index (χ4v) is 3.84. The van der Waals surface area contributed by atoms with Gasteiger partial charge in [-0.1, -0.05) is 30.3 Å². The molecule has 0 unspecified atom stereocenters. The standard InChI is InChI=1S/C19H19ClN2O4S/c1-4-7-22-17(23)14-6-5-12(20)8-16(14)21-19(22)27-10-13-9-15(11(2)26-13)18(24)25-3/h5-6,8-9H,4,7,10H2,1-3H3. The van der Waals surface area contributed by atoms with Gasteiger partial charge in [-0.3, -0.25) is 9.36 Å². The highest BCUT2D eigenvalue weighted by Crippen LogP contribution is 2.26. The predicted molar refractivity (Wildman–Crippen MR) is 106 cm³/mol. The maximum Gasteiger partial charge on any atom is 0.341 e. The zero-order valence-electron chi connectivity index (χ0n) is 15.2. The van der Waals surface area contributed by atoms with Gasteiger partial charge in [0.15, 0.2) is 5.16 Å². The van der Waals surface area contributed by atoms with Gasteiger partial charge in [-0.05, 0) is 37.6 Å². The molecular formula is C19H19ClN2O4S. The number of nitrogens with zero attached hydrogens (tertiary/aromatic N) is 2. The molecule has 0 aliphatic carbocycles. The van der Waals surface area contributed by atoms with Crippen LogP contribution in [0.2, 0.25) is 5.02 Å². The molecule has 3 aromatic rings. The summed E-state index contributed by atoms with van der Waals surface area (Å²) in [4.78, 5) is 29.2. The Kier molecular flexibility index (Phi) is 5.92. The maximum absolute atomic E-state index is 12.8. The highest BCUT2D eigenvalue weighted by molar-refractivity contribution is 7.98. The lowest BCUT2D eigenvalue weighted by Crippen LogP contribution is -2.23. The van der Waals surface area contributed by atoms with Crippen LogP contribution < -0.4 is 5.56 Å². The van der Waals surface area contributed by atoms with E-state index in [-0.39, 0.29) is 5.56 Å². The minimum Gasteiger partial charge on any atom is -0.465 e. The summed E-state index contributed by atoms with van der Waals surface area (Å²) in [5.41, 5.74) is 0.873. The Balaban J connectivity index is 1.95. The molecule has 0 saturated carbocycles. The van der Waals surface area contributed by atoms with E-state index in [1.807, 2.05) is 6.92 Å². The SMILES string of the molecule is CCCn1c(SCc2cc(C(=O)OC)c(C)o2)nc2cc(Cl)ccc2c1=O. The van der Waals surface area contributed by atoms with Crippen LogP contribution in [-0.2, 0) is 17.0 Å². The van der Waals surface area contributed by atoms with Crippen molar-refractivity contribution in [3.05, 3.63) is 56.7 Å². The molecule has 142 valence electrons. The van der Waals surface area contributed by atoms with Crippen LogP contribution in [0.4, 0.5) is 0 Å². The van der Waals surface area contributed by atoms with Crippen molar-refractivity contribution in [2.75, 3.05) is 7.11 Å². The number of fused-ring (bicyclic) bond motifs is 1. The molecule has 0 amide bonds. The second-order valence-electron chi connectivity index (χ2n) is 5.98. The third kappa shape index (κ3) is 4.04. The molecule has 0 saturated heterocycles. The summed E-state index contributed by atoms with van der Waals surface area (Å²) in [5, 5.41) is 1.66. The summed E-state index contributed by atoms with van der Waals surface area (Å²) in [6, 6.07) is 6.74. The lowest BCUT2D eigenvalue weighted by molar-refractivity contribution is 0.0599. The van der Waals surface area contributed by atoms with E-state index in [0.717, 1.165) is 6.42 Å². The zero-order valence-corrected chi connectivity index (χ0v) is 16.8. The van der Waals surface area contributed by atoms with Gasteiger partial charge in [-0.15, -0.1) is 0 Å². The fraction of sp³-hybridized carbons (Fsp3) is 0.316. The quantitative estimate of drug-likeness (QED) is 0.342. The molecule has 6 nitrogen and oxygen atoms in total. The van der Waals surface area contributed by atoms with Crippen LogP contribution in [-0.4, -0.2) is 22.6 Å². The summed E-state index contributed by atoms with van der Waals surface area (Å²) in [7, 11) is 1.33. The van der Waals surface area contributed by atoms with Crippen LogP contribution >= 0.6 is 23.4 Å². The van der Waals surface area contributed by atoms with Crippen molar-refractivity contribution in [3.8, 4) is 0 Å². The summed E-state index contributed by atoms with van der Waals surface area (Å²) in [6.45, 7) is 4.28. The number of rotatable bonds is 6. The van der Waals surface area contributed by atoms with Gasteiger partial charge in [0.25, 0.3) is 5.56 Å². The molecule has 0 N–H and O–H groups in total. The number of hydrogen-bond acceptors (Lipinski definition) is 6. The first-order valence-corrected chi connectivity index (χ1v) is 9.81. The van der Waals surface area contributed by atoms with E-state index in [0.29, 0.717) is 50.5 Å². The van der Waals surface area contributed by atoms with E-state index in [4.69, 9.17) is 20.8 Å². The number of carbonyl (C=O) groups excluding carboxylic acids is 1. The van der Waals surface area contributed by atoms with Crippen LogP contribution in [0, 0.1) is 6.92 Å². The second-order valence-corrected chi connectivity index (χ2v) is 7.35. The number of ether oxygens (including phenoxy) is 1. The van der Waals surface area contributed by atoms with Crippen LogP contribution in [0.3, 0.4) is 0 Å². The topological polar surface area (TPSA) is 74.3 Å². The number of methoxy groups -OCH3 is 1. The molecule has 0 fully saturated rings. The Morgan fingerprint density at radius 3 is 2.85 bits per heavy atom. The van der Waals surface area contributed by atoms with Crippen molar-refractivity contribution in [1.82, 2.24) is 9.55 Å². The molecule has 2 aromatic heterocycles. The van der Waals surface area contributed by atoms with Crippen LogP contribution in [0.1, 0.15) is 35.2 Å². The first kappa shape index (κ1) is 19.5. The number of hydrogen-bond donors (Lipinski definition) is 0. The van der Waals surface area contributed by atoms with E-state index < -0.39 is 5.97 Å². The van der Waals surface area contributed by atoms with Gasteiger partial charge in [0.1, 0.15) is 17.1 Å². The molecule has 0 aliphatic rings. The molecule has 1 aromatic carbocycles. The predicted octanol–water partition coefficient (Wildman–Crippen LogP) is 4.44. The second kappa shape index (κ2) is 8.19. The largest absolute Gasteiger partial charge is 0.465 e. The van der Waals surface area contributed by atoms with Crippen molar-refractivity contribution in [2.24, 2.45) is 0 Å². The van der Waals surface area contributed by atoms with Gasteiger partial charge in [-0.2, -0.15) is 0 Å². The molecule has 0 bridgehead atoms. The Bertz CT molecular complexity index is 1060. The monoisotopic (exact) mass is 406 g/mol. The van der Waals surface area contributed by atoms with Gasteiger partial charge in [-0.25, -0.2) is 9.78 Å². The van der Waals surface area contributed by atoms with E-state index in [1.54, 1.807) is 35.8 Å². The number of aryl methyl sites for hydroxylation is 1. The Morgan fingerprint density at radius 2 is 2.15 bits per heavy atom. The molecule has 3 rings (SSSR count). The average Bonchev–Trinajstić information content (AvgIpc) is 3.02. The highest BCUT2D eigenvalue weighted by atomic mass is 35.5. The van der Waals surface area contributed by atoms with Gasteiger partial charge < -0.3 is 9.15 Å². The number of esters is 1. The molecule has 0 radical (unpaired) electrons. The third-order valence-corrected chi connectivity index (χ3v) is 5.28. The van der Waals surface area contributed by atoms with Crippen molar-refractivity contribution in [3.63, 3.8) is 0 Å². The first-order valence-electron chi connectivity index (χ1n) is 8.45. The Labute approximate surface area is 165 Å². The molecule has 0 atom stereocenters. The molecular weight excluding hydrogens is 388 g/mol. The summed E-state index contributed by atoms with van der Waals surface area (Å²) < 4.78 is 12.0. The molecule has 0 aliphatic heterocycles. The average molecular weight is 407 g/mol. The van der Waals surface area contributed by atoms with Gasteiger partial charge in [0.2, 0.25) is 0 Å². The van der Waals surface area contributed by atoms with Gasteiger partial charge in [0.05, 0.1) is 23.8 Å². The van der Waals surface area contributed by atoms with Crippen LogP contribution in [0.25, 0.3) is 10.9 Å². The van der Waals surface area contributed by atoms with E-state index in [2.05, 4.69) is 4.98 Å². The number of aromatic nitrogens is 2. The maximum atomic E-state index is 12.8. The van der Waals surface area contributed by atoms with Crippen LogP contribution in [0.15, 0.2) is 38.6 Å². The fourth-order valence-electron chi connectivity index (χ4n) is 2.77. The third-order valence-electron chi connectivity index (χ3n) is 4.05. The summed E-state index contributed by atoms with van der Waals surface area (Å²) in [6.07, 6.45) is 0.806. The van der Waals surface area contributed by atoms with E-state index >= 15 is 0 Å².